The molecule has 5 nitrogen and oxygen atoms in total. The lowest BCUT2D eigenvalue weighted by atomic mass is 9.89. The first-order valence-electron chi connectivity index (χ1n) is 7.71. The molecule has 2 rings (SSSR count). The number of hydrogen-bond donors (Lipinski definition) is 2. The standard InChI is InChI=1S/C14H24N2O3S2/c15-13(20)14(8-4-1-2-5-9-14)16-12(17)11-7-3-6-10-21(11,18)19/h11H,1-10H2,(H2,15,20)(H,16,17). The fourth-order valence-electron chi connectivity index (χ4n) is 3.33. The Kier molecular flexibility index (Phi) is 5.24. The van der Waals surface area contributed by atoms with Crippen molar-refractivity contribution in [3.63, 3.8) is 0 Å². The van der Waals surface area contributed by atoms with E-state index >= 15 is 0 Å². The highest BCUT2D eigenvalue weighted by Gasteiger charge is 2.41. The molecule has 0 spiro atoms. The third-order valence-electron chi connectivity index (χ3n) is 4.66. The van der Waals surface area contributed by atoms with Gasteiger partial charge in [-0.1, -0.05) is 44.3 Å². The molecule has 2 aliphatic rings. The van der Waals surface area contributed by atoms with Crippen LogP contribution in [0.1, 0.15) is 57.8 Å². The Hall–Kier alpha value is -0.690. The lowest BCUT2D eigenvalue weighted by molar-refractivity contribution is -0.122. The fraction of sp³-hybridized carbons (Fsp3) is 0.857. The van der Waals surface area contributed by atoms with E-state index in [2.05, 4.69) is 5.32 Å². The summed E-state index contributed by atoms with van der Waals surface area (Å²) >= 11 is 5.18. The molecular formula is C14H24N2O3S2. The Morgan fingerprint density at radius 2 is 1.71 bits per heavy atom. The largest absolute Gasteiger partial charge is 0.391 e. The predicted octanol–water partition coefficient (Wildman–Crippen LogP) is 1.45. The van der Waals surface area contributed by atoms with Gasteiger partial charge in [-0.3, -0.25) is 4.79 Å². The van der Waals surface area contributed by atoms with E-state index in [1.807, 2.05) is 0 Å². The molecule has 21 heavy (non-hydrogen) atoms. The van der Waals surface area contributed by atoms with Gasteiger partial charge in [0.15, 0.2) is 9.84 Å². The van der Waals surface area contributed by atoms with Gasteiger partial charge in [0.05, 0.1) is 16.3 Å². The zero-order chi connectivity index (χ0) is 15.5. The van der Waals surface area contributed by atoms with Gasteiger partial charge in [0, 0.05) is 0 Å². The molecule has 2 fully saturated rings. The van der Waals surface area contributed by atoms with Crippen molar-refractivity contribution in [2.75, 3.05) is 5.75 Å². The van der Waals surface area contributed by atoms with Crippen LogP contribution in [0, 0.1) is 0 Å². The van der Waals surface area contributed by atoms with E-state index in [0.717, 1.165) is 32.1 Å². The summed E-state index contributed by atoms with van der Waals surface area (Å²) in [5, 5.41) is 1.98. The lowest BCUT2D eigenvalue weighted by Gasteiger charge is -2.35. The van der Waals surface area contributed by atoms with Gasteiger partial charge < -0.3 is 11.1 Å². The molecular weight excluding hydrogens is 308 g/mol. The van der Waals surface area contributed by atoms with Crippen LogP contribution in [0.25, 0.3) is 0 Å². The monoisotopic (exact) mass is 332 g/mol. The normalized spacial score (nSPS) is 28.3. The molecule has 7 heteroatoms. The van der Waals surface area contributed by atoms with E-state index in [1.165, 1.54) is 0 Å². The van der Waals surface area contributed by atoms with Crippen molar-refractivity contribution in [2.24, 2.45) is 5.73 Å². The third-order valence-corrected chi connectivity index (χ3v) is 7.23. The van der Waals surface area contributed by atoms with E-state index < -0.39 is 26.5 Å². The van der Waals surface area contributed by atoms with Gasteiger partial charge in [0.25, 0.3) is 0 Å². The summed E-state index contributed by atoms with van der Waals surface area (Å²) in [5.74, 6) is -0.310. The van der Waals surface area contributed by atoms with Gasteiger partial charge in [-0.2, -0.15) is 0 Å². The summed E-state index contributed by atoms with van der Waals surface area (Å²) in [6.07, 6.45) is 7.35. The molecule has 0 aromatic carbocycles. The first-order valence-corrected chi connectivity index (χ1v) is 9.83. The lowest BCUT2D eigenvalue weighted by Crippen LogP contribution is -2.59. The minimum atomic E-state index is -3.33. The Labute approximate surface area is 132 Å². The number of nitrogens with two attached hydrogens (primary N) is 1. The number of amides is 1. The highest BCUT2D eigenvalue weighted by atomic mass is 32.2. The van der Waals surface area contributed by atoms with Crippen molar-refractivity contribution in [1.29, 1.82) is 0 Å². The van der Waals surface area contributed by atoms with E-state index in [0.29, 0.717) is 25.7 Å². The molecule has 1 unspecified atom stereocenters. The Morgan fingerprint density at radius 1 is 1.10 bits per heavy atom. The molecule has 0 aromatic heterocycles. The number of nitrogens with one attached hydrogen (secondary N) is 1. The maximum atomic E-state index is 12.5. The second kappa shape index (κ2) is 6.60. The molecule has 1 amide bonds. The van der Waals surface area contributed by atoms with Crippen molar-refractivity contribution in [3.05, 3.63) is 0 Å². The molecule has 3 N–H and O–H groups in total. The van der Waals surface area contributed by atoms with Crippen molar-refractivity contribution in [2.45, 2.75) is 68.6 Å². The van der Waals surface area contributed by atoms with Gasteiger partial charge in [-0.15, -0.1) is 0 Å². The van der Waals surface area contributed by atoms with Gasteiger partial charge in [-0.05, 0) is 25.7 Å². The highest BCUT2D eigenvalue weighted by molar-refractivity contribution is 7.92. The van der Waals surface area contributed by atoms with Gasteiger partial charge in [-0.25, -0.2) is 8.42 Å². The van der Waals surface area contributed by atoms with Crippen LogP contribution < -0.4 is 11.1 Å². The van der Waals surface area contributed by atoms with E-state index in [4.69, 9.17) is 18.0 Å². The Morgan fingerprint density at radius 3 is 2.24 bits per heavy atom. The summed E-state index contributed by atoms with van der Waals surface area (Å²) in [6.45, 7) is 0. The molecule has 0 radical (unpaired) electrons. The number of thiocarbonyl (C=S) groups is 1. The van der Waals surface area contributed by atoms with Crippen LogP contribution in [0.4, 0.5) is 0 Å². The third kappa shape index (κ3) is 3.74. The van der Waals surface area contributed by atoms with E-state index in [-0.39, 0.29) is 10.7 Å². The molecule has 1 saturated carbocycles. The second-order valence-electron chi connectivity index (χ2n) is 6.20. The second-order valence-corrected chi connectivity index (χ2v) is 8.94. The molecule has 1 saturated heterocycles. The van der Waals surface area contributed by atoms with Crippen molar-refractivity contribution in [1.82, 2.24) is 5.32 Å². The zero-order valence-electron chi connectivity index (χ0n) is 12.3. The number of hydrogen-bond acceptors (Lipinski definition) is 4. The highest BCUT2D eigenvalue weighted by Crippen LogP contribution is 2.29. The quantitative estimate of drug-likeness (QED) is 0.603. The summed E-state index contributed by atoms with van der Waals surface area (Å²) in [5.41, 5.74) is 5.19. The Bertz CT molecular complexity index is 508. The summed E-state index contributed by atoms with van der Waals surface area (Å²) in [4.78, 5) is 12.8. The van der Waals surface area contributed by atoms with Gasteiger partial charge in [0.1, 0.15) is 5.25 Å². The molecule has 1 aliphatic carbocycles. The van der Waals surface area contributed by atoms with Gasteiger partial charge >= 0.3 is 0 Å². The molecule has 1 aliphatic heterocycles. The van der Waals surface area contributed by atoms with Crippen LogP contribution in [0.3, 0.4) is 0 Å². The number of rotatable bonds is 3. The zero-order valence-corrected chi connectivity index (χ0v) is 13.9. The minimum absolute atomic E-state index is 0.102. The van der Waals surface area contributed by atoms with Crippen LogP contribution in [-0.4, -0.2) is 35.9 Å². The molecule has 0 bridgehead atoms. The maximum Gasteiger partial charge on any atom is 0.239 e. The molecule has 120 valence electrons. The molecule has 1 atom stereocenters. The molecule has 0 aromatic rings. The summed E-state index contributed by atoms with van der Waals surface area (Å²) in [7, 11) is -3.33. The average Bonchev–Trinajstić information content (AvgIpc) is 2.64. The van der Waals surface area contributed by atoms with Gasteiger partial charge in [0.2, 0.25) is 5.91 Å². The smallest absolute Gasteiger partial charge is 0.239 e. The van der Waals surface area contributed by atoms with Crippen molar-refractivity contribution < 1.29 is 13.2 Å². The SMILES string of the molecule is NC(=S)C1(NC(=O)C2CCCCS2(=O)=O)CCCCCC1. The first-order chi connectivity index (χ1) is 9.87. The maximum absolute atomic E-state index is 12.5. The molecule has 1 heterocycles. The van der Waals surface area contributed by atoms with Crippen molar-refractivity contribution >= 4 is 33.0 Å². The minimum Gasteiger partial charge on any atom is -0.391 e. The van der Waals surface area contributed by atoms with Crippen LogP contribution in [0.5, 0.6) is 0 Å². The average molecular weight is 332 g/mol. The van der Waals surface area contributed by atoms with Crippen molar-refractivity contribution in [3.8, 4) is 0 Å². The summed E-state index contributed by atoms with van der Waals surface area (Å²) < 4.78 is 24.2. The van der Waals surface area contributed by atoms with E-state index in [9.17, 15) is 13.2 Å². The number of carbonyl (C=O) groups is 1. The van der Waals surface area contributed by atoms with Crippen LogP contribution in [-0.2, 0) is 14.6 Å². The Balaban J connectivity index is 2.16. The first kappa shape index (κ1) is 16.7. The van der Waals surface area contributed by atoms with E-state index in [1.54, 1.807) is 0 Å². The van der Waals surface area contributed by atoms with Crippen LogP contribution >= 0.6 is 12.2 Å². The number of sulfone groups is 1. The van der Waals surface area contributed by atoms with Crippen LogP contribution in [0.15, 0.2) is 0 Å². The predicted molar refractivity (Wildman–Crippen MR) is 86.8 cm³/mol. The van der Waals surface area contributed by atoms with Crippen LogP contribution in [0.2, 0.25) is 0 Å². The number of carbonyl (C=O) groups excluding carboxylic acids is 1. The topological polar surface area (TPSA) is 89.3 Å². The fourth-order valence-corrected chi connectivity index (χ4v) is 5.39. The summed E-state index contributed by atoms with van der Waals surface area (Å²) in [6, 6.07) is 0.